The van der Waals surface area contributed by atoms with Gasteiger partial charge in [0.25, 0.3) is 0 Å². The van der Waals surface area contributed by atoms with E-state index in [9.17, 15) is 20.1 Å². The summed E-state index contributed by atoms with van der Waals surface area (Å²) in [6, 6.07) is 0. The summed E-state index contributed by atoms with van der Waals surface area (Å²) < 4.78 is 4.91. The summed E-state index contributed by atoms with van der Waals surface area (Å²) in [5.41, 5.74) is 2.66. The normalized spacial score (nSPS) is 39.3. The van der Waals surface area contributed by atoms with Gasteiger partial charge in [-0.05, 0) is 85.7 Å². The minimum Gasteiger partial charge on any atom is -0.469 e. The number of aliphatic hydroxyl groups is 3. The largest absolute Gasteiger partial charge is 0.469 e. The van der Waals surface area contributed by atoms with Crippen molar-refractivity contribution in [3.05, 3.63) is 47.6 Å². The molecule has 0 heterocycles. The number of hydrogen-bond acceptors (Lipinski definition) is 5. The minimum absolute atomic E-state index is 0.208. The van der Waals surface area contributed by atoms with Crippen LogP contribution >= 0.6 is 0 Å². The number of ether oxygens (including phenoxy) is 1. The first-order valence-corrected chi connectivity index (χ1v) is 13.0. The van der Waals surface area contributed by atoms with Crippen LogP contribution in [-0.2, 0) is 9.53 Å². The zero-order valence-corrected chi connectivity index (χ0v) is 21.0. The van der Waals surface area contributed by atoms with Crippen LogP contribution in [-0.4, -0.2) is 46.7 Å². The van der Waals surface area contributed by atoms with Gasteiger partial charge in [0.05, 0.1) is 30.8 Å². The van der Waals surface area contributed by atoms with E-state index in [2.05, 4.69) is 38.7 Å². The van der Waals surface area contributed by atoms with E-state index in [1.54, 1.807) is 0 Å². The van der Waals surface area contributed by atoms with Crippen LogP contribution in [0.25, 0.3) is 0 Å². The van der Waals surface area contributed by atoms with Crippen molar-refractivity contribution < 1.29 is 24.9 Å². The van der Waals surface area contributed by atoms with Crippen molar-refractivity contribution in [2.75, 3.05) is 7.11 Å². The molecule has 0 unspecified atom stereocenters. The number of carbonyl (C=O) groups excluding carboxylic acids is 1. The fourth-order valence-electron chi connectivity index (χ4n) is 7.17. The van der Waals surface area contributed by atoms with Crippen molar-refractivity contribution in [1.82, 2.24) is 0 Å². The lowest BCUT2D eigenvalue weighted by Crippen LogP contribution is -2.35. The summed E-state index contributed by atoms with van der Waals surface area (Å²) in [7, 11) is 1.39. The second-order valence-corrected chi connectivity index (χ2v) is 11.5. The average molecular weight is 471 g/mol. The summed E-state index contributed by atoms with van der Waals surface area (Å²) in [4.78, 5) is 12.1. The van der Waals surface area contributed by atoms with E-state index in [1.807, 2.05) is 6.08 Å². The van der Waals surface area contributed by atoms with E-state index in [0.717, 1.165) is 36.8 Å². The van der Waals surface area contributed by atoms with E-state index in [0.29, 0.717) is 43.4 Å². The number of aliphatic hydroxyl groups excluding tert-OH is 3. The molecule has 4 aliphatic carbocycles. The fourth-order valence-corrected chi connectivity index (χ4v) is 7.17. The van der Waals surface area contributed by atoms with Crippen LogP contribution in [0.1, 0.15) is 71.6 Å². The van der Waals surface area contributed by atoms with Crippen molar-refractivity contribution in [1.29, 1.82) is 0 Å². The van der Waals surface area contributed by atoms with Crippen molar-refractivity contribution in [3.8, 4) is 0 Å². The smallest absolute Gasteiger partial charge is 0.314 e. The minimum atomic E-state index is -0.782. The van der Waals surface area contributed by atoms with Gasteiger partial charge in [-0.1, -0.05) is 50.3 Å². The maximum atomic E-state index is 12.1. The van der Waals surface area contributed by atoms with Crippen LogP contribution < -0.4 is 0 Å². The van der Waals surface area contributed by atoms with Gasteiger partial charge < -0.3 is 20.1 Å². The summed E-state index contributed by atoms with van der Waals surface area (Å²) in [5.74, 6) is 1.07. The van der Waals surface area contributed by atoms with Crippen LogP contribution in [0.4, 0.5) is 0 Å². The van der Waals surface area contributed by atoms with Gasteiger partial charge >= 0.3 is 5.97 Å². The quantitative estimate of drug-likeness (QED) is 0.389. The molecule has 0 aliphatic heterocycles. The highest BCUT2D eigenvalue weighted by molar-refractivity contribution is 5.80. The van der Waals surface area contributed by atoms with Gasteiger partial charge in [-0.2, -0.15) is 0 Å². The Bertz CT molecular complexity index is 894. The first-order chi connectivity index (χ1) is 16.1. The number of allylic oxidation sites excluding steroid dienone is 4. The molecule has 0 aromatic heterocycles. The molecule has 4 rings (SSSR count). The Morgan fingerprint density at radius 3 is 2.59 bits per heavy atom. The zero-order chi connectivity index (χ0) is 24.7. The van der Waals surface area contributed by atoms with Gasteiger partial charge in [0.1, 0.15) is 0 Å². The van der Waals surface area contributed by atoms with Gasteiger partial charge in [-0.3, -0.25) is 4.79 Å². The van der Waals surface area contributed by atoms with Crippen LogP contribution in [0, 0.1) is 28.6 Å². The second-order valence-electron chi connectivity index (χ2n) is 11.5. The van der Waals surface area contributed by atoms with Crippen molar-refractivity contribution >= 4 is 5.97 Å². The third-order valence-corrected chi connectivity index (χ3v) is 9.48. The first-order valence-electron chi connectivity index (χ1n) is 13.0. The summed E-state index contributed by atoms with van der Waals surface area (Å²) in [6.07, 6.45) is 14.4. The lowest BCUT2D eigenvalue weighted by Gasteiger charge is -2.44. The highest BCUT2D eigenvalue weighted by Crippen LogP contribution is 2.59. The molecule has 0 bridgehead atoms. The van der Waals surface area contributed by atoms with Crippen molar-refractivity contribution in [3.63, 3.8) is 0 Å². The predicted molar refractivity (Wildman–Crippen MR) is 133 cm³/mol. The molecule has 4 fully saturated rings. The molecule has 4 aliphatic rings. The molecule has 0 radical (unpaired) electrons. The highest BCUT2D eigenvalue weighted by atomic mass is 16.5. The Labute approximate surface area is 204 Å². The molecular formula is C29H42O5. The Morgan fingerprint density at radius 2 is 1.91 bits per heavy atom. The van der Waals surface area contributed by atoms with Crippen LogP contribution in [0.15, 0.2) is 47.6 Å². The molecule has 4 saturated carbocycles. The molecule has 5 heteroatoms. The number of carbonyl (C=O) groups is 1. The SMILES string of the molecule is C=C1C(=CC=C2CCC[C@]3(C)[C@@H]([C@H](C)C=C[C@@H](O)C4(C(=O)OC)CC4)CC[C@@H]23)C[C@@H](O)C[C@@H]1O. The molecule has 0 amide bonds. The zero-order valence-electron chi connectivity index (χ0n) is 21.0. The van der Waals surface area contributed by atoms with E-state index in [-0.39, 0.29) is 11.4 Å². The molecule has 0 saturated heterocycles. The predicted octanol–water partition coefficient (Wildman–Crippen LogP) is 4.63. The molecule has 0 aromatic rings. The summed E-state index contributed by atoms with van der Waals surface area (Å²) in [6.45, 7) is 8.72. The lowest BCUT2D eigenvalue weighted by molar-refractivity contribution is -0.150. The molecule has 3 N–H and O–H groups in total. The Balaban J connectivity index is 1.47. The van der Waals surface area contributed by atoms with E-state index >= 15 is 0 Å². The molecule has 34 heavy (non-hydrogen) atoms. The van der Waals surface area contributed by atoms with E-state index in [4.69, 9.17) is 4.74 Å². The fraction of sp³-hybridized carbons (Fsp3) is 0.690. The Morgan fingerprint density at radius 1 is 1.18 bits per heavy atom. The topological polar surface area (TPSA) is 87.0 Å². The third kappa shape index (κ3) is 4.59. The van der Waals surface area contributed by atoms with Gasteiger partial charge in [0, 0.05) is 6.42 Å². The molecule has 5 nitrogen and oxygen atoms in total. The molecule has 188 valence electrons. The number of methoxy groups -OCH3 is 1. The van der Waals surface area contributed by atoms with Crippen molar-refractivity contribution in [2.45, 2.75) is 89.9 Å². The third-order valence-electron chi connectivity index (χ3n) is 9.48. The van der Waals surface area contributed by atoms with Gasteiger partial charge in [-0.15, -0.1) is 0 Å². The number of esters is 1. The Kier molecular flexibility index (Phi) is 7.29. The van der Waals surface area contributed by atoms with Gasteiger partial charge in [-0.25, -0.2) is 0 Å². The summed E-state index contributed by atoms with van der Waals surface area (Å²) >= 11 is 0. The van der Waals surface area contributed by atoms with Gasteiger partial charge in [0.15, 0.2) is 0 Å². The maximum absolute atomic E-state index is 12.1. The molecule has 0 spiro atoms. The number of hydrogen-bond donors (Lipinski definition) is 3. The standard InChI is InChI=1S/C29H42O5/c1-18(7-12-26(32)29(14-15-29)27(33)34-4)23-10-11-24-20(6-5-13-28(23,24)3)8-9-21-16-22(30)17-25(31)19(21)2/h7-9,12,18,22-26,30-32H,2,5-6,10-11,13-17H2,1,3-4H3/t18-,22-,23-,24+,25+,26-,28-/m1/s1. The first kappa shape index (κ1) is 25.4. The highest BCUT2D eigenvalue weighted by Gasteiger charge is 2.56. The molecule has 7 atom stereocenters. The lowest BCUT2D eigenvalue weighted by atomic mass is 9.61. The monoisotopic (exact) mass is 470 g/mol. The van der Waals surface area contributed by atoms with Crippen molar-refractivity contribution in [2.24, 2.45) is 28.6 Å². The summed E-state index contributed by atoms with van der Waals surface area (Å²) in [5, 5.41) is 30.9. The molecule has 0 aromatic carbocycles. The molecular weight excluding hydrogens is 428 g/mol. The average Bonchev–Trinajstić information content (AvgIpc) is 3.54. The number of rotatable bonds is 6. The Hall–Kier alpha value is -1.69. The van der Waals surface area contributed by atoms with Crippen LogP contribution in [0.3, 0.4) is 0 Å². The van der Waals surface area contributed by atoms with E-state index < -0.39 is 23.7 Å². The van der Waals surface area contributed by atoms with Crippen LogP contribution in [0.5, 0.6) is 0 Å². The van der Waals surface area contributed by atoms with Crippen LogP contribution in [0.2, 0.25) is 0 Å². The van der Waals surface area contributed by atoms with Gasteiger partial charge in [0.2, 0.25) is 0 Å². The maximum Gasteiger partial charge on any atom is 0.314 e. The number of fused-ring (bicyclic) bond motifs is 1. The van der Waals surface area contributed by atoms with E-state index in [1.165, 1.54) is 19.1 Å². The second kappa shape index (κ2) is 9.75.